The second kappa shape index (κ2) is 14.0. The summed E-state index contributed by atoms with van der Waals surface area (Å²) in [5.41, 5.74) is 0. The molecule has 1 nitrogen and oxygen atoms in total. The molecule has 0 spiro atoms. The van der Waals surface area contributed by atoms with Crippen molar-refractivity contribution >= 4 is 11.6 Å². The lowest BCUT2D eigenvalue weighted by atomic mass is 10.1. The molecular formula is C15H33Cl2N. The maximum absolute atomic E-state index is 6.29. The minimum absolute atomic E-state index is 0. The number of rotatable bonds is 12. The van der Waals surface area contributed by atoms with Crippen LogP contribution in [0.15, 0.2) is 0 Å². The van der Waals surface area contributed by atoms with Crippen molar-refractivity contribution in [3.63, 3.8) is 0 Å². The molecule has 0 aromatic rings. The Morgan fingerprint density at radius 2 is 1.06 bits per heavy atom. The van der Waals surface area contributed by atoms with Crippen LogP contribution in [0.3, 0.4) is 0 Å². The Morgan fingerprint density at radius 3 is 1.39 bits per heavy atom. The van der Waals surface area contributed by atoms with Gasteiger partial charge in [0.05, 0.1) is 19.6 Å². The van der Waals surface area contributed by atoms with E-state index in [1.165, 1.54) is 71.0 Å². The quantitative estimate of drug-likeness (QED) is 0.224. The summed E-state index contributed by atoms with van der Waals surface area (Å²) in [5, 5.41) is 0. The first-order valence-corrected chi connectivity index (χ1v) is 8.19. The zero-order valence-corrected chi connectivity index (χ0v) is 14.2. The van der Waals surface area contributed by atoms with Gasteiger partial charge in [-0.15, -0.1) is 0 Å². The van der Waals surface area contributed by atoms with E-state index in [9.17, 15) is 0 Å². The monoisotopic (exact) mass is 297 g/mol. The van der Waals surface area contributed by atoms with E-state index >= 15 is 0 Å². The average Bonchev–Trinajstić information content (AvgIpc) is 2.36. The van der Waals surface area contributed by atoms with Crippen LogP contribution >= 0.6 is 11.6 Å². The number of hydrogen-bond donors (Lipinski definition) is 0. The highest BCUT2D eigenvalue weighted by molar-refractivity contribution is 6.16. The Morgan fingerprint density at radius 1 is 0.667 bits per heavy atom. The van der Waals surface area contributed by atoms with Crippen molar-refractivity contribution in [2.45, 2.75) is 72.1 Å². The van der Waals surface area contributed by atoms with E-state index in [-0.39, 0.29) is 12.4 Å². The number of unbranched alkanes of at least 4 members (excludes halogenated alkanes) is 5. The third-order valence-electron chi connectivity index (χ3n) is 3.71. The van der Waals surface area contributed by atoms with Crippen LogP contribution in [0.5, 0.6) is 0 Å². The molecule has 0 saturated carbocycles. The molecule has 0 saturated heterocycles. The SMILES string of the molecule is CCCCC[N+](CCl)(CCCC)CCCCC.[Cl-]. The van der Waals surface area contributed by atoms with E-state index in [1.807, 2.05) is 0 Å². The lowest BCUT2D eigenvalue weighted by Crippen LogP contribution is -3.00. The van der Waals surface area contributed by atoms with Crippen molar-refractivity contribution in [3.8, 4) is 0 Å². The Labute approximate surface area is 126 Å². The van der Waals surface area contributed by atoms with Gasteiger partial charge in [-0.3, -0.25) is 0 Å². The Bertz CT molecular complexity index is 153. The summed E-state index contributed by atoms with van der Waals surface area (Å²) in [6, 6.07) is 0.813. The Hall–Kier alpha value is 0.540. The number of hydrogen-bond acceptors (Lipinski definition) is 0. The second-order valence-electron chi connectivity index (χ2n) is 5.40. The topological polar surface area (TPSA) is 0 Å². The van der Waals surface area contributed by atoms with Gasteiger partial charge in [0, 0.05) is 0 Å². The molecule has 0 aliphatic heterocycles. The molecule has 0 N–H and O–H groups in total. The first-order chi connectivity index (χ1) is 8.24. The van der Waals surface area contributed by atoms with Crippen molar-refractivity contribution in [2.24, 2.45) is 0 Å². The van der Waals surface area contributed by atoms with Crippen molar-refractivity contribution < 1.29 is 16.9 Å². The van der Waals surface area contributed by atoms with Crippen LogP contribution in [0.2, 0.25) is 0 Å². The van der Waals surface area contributed by atoms with E-state index in [0.29, 0.717) is 0 Å². The van der Waals surface area contributed by atoms with E-state index < -0.39 is 0 Å². The van der Waals surface area contributed by atoms with E-state index in [0.717, 1.165) is 10.5 Å². The van der Waals surface area contributed by atoms with Gasteiger partial charge < -0.3 is 16.9 Å². The predicted octanol–water partition coefficient (Wildman–Crippen LogP) is 2.18. The van der Waals surface area contributed by atoms with Crippen LogP contribution in [0.25, 0.3) is 0 Å². The smallest absolute Gasteiger partial charge is 0.154 e. The predicted molar refractivity (Wildman–Crippen MR) is 79.5 cm³/mol. The van der Waals surface area contributed by atoms with Gasteiger partial charge in [-0.25, -0.2) is 0 Å². The molecule has 0 rings (SSSR count). The maximum atomic E-state index is 6.29. The van der Waals surface area contributed by atoms with Crippen LogP contribution < -0.4 is 12.4 Å². The molecule has 0 amide bonds. The number of quaternary nitrogens is 1. The highest BCUT2D eigenvalue weighted by Crippen LogP contribution is 2.16. The minimum atomic E-state index is 0. The normalized spacial score (nSPS) is 11.3. The molecule has 112 valence electrons. The van der Waals surface area contributed by atoms with Gasteiger partial charge in [0.2, 0.25) is 0 Å². The zero-order valence-electron chi connectivity index (χ0n) is 12.7. The first kappa shape index (κ1) is 20.8. The van der Waals surface area contributed by atoms with Crippen LogP contribution in [-0.4, -0.2) is 30.1 Å². The highest BCUT2D eigenvalue weighted by atomic mass is 35.5. The summed E-state index contributed by atoms with van der Waals surface area (Å²) >= 11 is 6.29. The molecule has 0 aliphatic carbocycles. The second-order valence-corrected chi connectivity index (χ2v) is 5.64. The van der Waals surface area contributed by atoms with Crippen LogP contribution in [-0.2, 0) is 0 Å². The van der Waals surface area contributed by atoms with Gasteiger partial charge in [0.15, 0.2) is 6.00 Å². The third-order valence-corrected chi connectivity index (χ3v) is 4.22. The lowest BCUT2D eigenvalue weighted by Gasteiger charge is -2.37. The Kier molecular flexibility index (Phi) is 16.2. The van der Waals surface area contributed by atoms with Crippen molar-refractivity contribution in [1.29, 1.82) is 0 Å². The Balaban J connectivity index is 0. The average molecular weight is 298 g/mol. The number of nitrogens with zero attached hydrogens (tertiary/aromatic N) is 1. The first-order valence-electron chi connectivity index (χ1n) is 7.65. The van der Waals surface area contributed by atoms with Gasteiger partial charge in [0.1, 0.15) is 0 Å². The summed E-state index contributed by atoms with van der Waals surface area (Å²) in [4.78, 5) is 0. The fourth-order valence-corrected chi connectivity index (χ4v) is 2.76. The van der Waals surface area contributed by atoms with Gasteiger partial charge in [-0.05, 0) is 32.1 Å². The summed E-state index contributed by atoms with van der Waals surface area (Å²) in [6.07, 6.45) is 10.6. The van der Waals surface area contributed by atoms with Crippen LogP contribution in [0.4, 0.5) is 0 Å². The highest BCUT2D eigenvalue weighted by Gasteiger charge is 2.24. The molecular weight excluding hydrogens is 265 g/mol. The molecule has 0 aliphatic rings. The molecule has 0 unspecified atom stereocenters. The summed E-state index contributed by atoms with van der Waals surface area (Å²) in [7, 11) is 0. The van der Waals surface area contributed by atoms with Crippen molar-refractivity contribution in [2.75, 3.05) is 25.6 Å². The standard InChI is InChI=1S/C15H33ClN.ClH/c1-4-7-10-13-17(15-16,12-9-6-3)14-11-8-5-2;/h4-15H2,1-3H3;1H/q+1;/p-1. The molecule has 3 heteroatoms. The summed E-state index contributed by atoms with van der Waals surface area (Å²) in [6.45, 7) is 10.7. The lowest BCUT2D eigenvalue weighted by molar-refractivity contribution is -0.918. The maximum Gasteiger partial charge on any atom is 0.154 e. The fourth-order valence-electron chi connectivity index (χ4n) is 2.40. The molecule has 0 heterocycles. The van der Waals surface area contributed by atoms with Gasteiger partial charge >= 0.3 is 0 Å². The summed E-state index contributed by atoms with van der Waals surface area (Å²) in [5.74, 6) is 0. The molecule has 0 fully saturated rings. The van der Waals surface area contributed by atoms with E-state index in [2.05, 4.69) is 20.8 Å². The largest absolute Gasteiger partial charge is 1.00 e. The zero-order chi connectivity index (χ0) is 13.0. The van der Waals surface area contributed by atoms with E-state index in [1.54, 1.807) is 0 Å². The molecule has 18 heavy (non-hydrogen) atoms. The van der Waals surface area contributed by atoms with Gasteiger partial charge in [-0.1, -0.05) is 51.6 Å². The number of halogens is 2. The molecule has 0 radical (unpaired) electrons. The molecule has 0 bridgehead atoms. The number of alkyl halides is 1. The van der Waals surface area contributed by atoms with Gasteiger partial charge in [-0.2, -0.15) is 0 Å². The molecule has 0 atom stereocenters. The van der Waals surface area contributed by atoms with E-state index in [4.69, 9.17) is 11.6 Å². The van der Waals surface area contributed by atoms with Crippen LogP contribution in [0.1, 0.15) is 72.1 Å². The van der Waals surface area contributed by atoms with Crippen LogP contribution in [0, 0.1) is 0 Å². The van der Waals surface area contributed by atoms with Crippen molar-refractivity contribution in [1.82, 2.24) is 0 Å². The fraction of sp³-hybridized carbons (Fsp3) is 1.00. The minimum Gasteiger partial charge on any atom is -1.00 e. The molecule has 0 aromatic heterocycles. The summed E-state index contributed by atoms with van der Waals surface area (Å²) < 4.78 is 1.16. The molecule has 0 aromatic carbocycles. The third kappa shape index (κ3) is 9.47. The van der Waals surface area contributed by atoms with Crippen molar-refractivity contribution in [3.05, 3.63) is 0 Å². The van der Waals surface area contributed by atoms with Gasteiger partial charge in [0.25, 0.3) is 0 Å².